The van der Waals surface area contributed by atoms with Crippen LogP contribution in [0.4, 0.5) is 9.80 Å². The largest absolute Gasteiger partial charge is 0.450 e. The number of ether oxygens (including phenoxy) is 1. The van der Waals surface area contributed by atoms with Crippen molar-refractivity contribution < 1.29 is 19.1 Å². The Kier molecular flexibility index (Phi) is 5.77. The van der Waals surface area contributed by atoms with Gasteiger partial charge in [-0.25, -0.2) is 4.79 Å². The first-order valence-corrected chi connectivity index (χ1v) is 9.69. The van der Waals surface area contributed by atoms with E-state index >= 15 is 0 Å². The molecule has 1 aliphatic heterocycles. The molecule has 1 aliphatic carbocycles. The fourth-order valence-electron chi connectivity index (χ4n) is 3.43. The number of primary amides is 1. The van der Waals surface area contributed by atoms with Crippen molar-refractivity contribution in [3.63, 3.8) is 0 Å². The minimum Gasteiger partial charge on any atom is -0.450 e. The van der Waals surface area contributed by atoms with Gasteiger partial charge < -0.3 is 20.7 Å². The van der Waals surface area contributed by atoms with E-state index < -0.39 is 5.91 Å². The predicted octanol–water partition coefficient (Wildman–Crippen LogP) is 1.05. The zero-order valence-corrected chi connectivity index (χ0v) is 15.7. The summed E-state index contributed by atoms with van der Waals surface area (Å²) in [6, 6.07) is 0. The Balaban J connectivity index is 1.54. The smallest absolute Gasteiger partial charge is 0.409 e. The summed E-state index contributed by atoms with van der Waals surface area (Å²) < 4.78 is 4.99. The summed E-state index contributed by atoms with van der Waals surface area (Å²) in [5, 5.41) is 3.42. The maximum atomic E-state index is 12.4. The number of nitrogens with zero attached hydrogens (tertiary/aromatic N) is 2. The van der Waals surface area contributed by atoms with Gasteiger partial charge in [-0.2, -0.15) is 0 Å². The van der Waals surface area contributed by atoms with E-state index in [0.717, 1.165) is 29.7 Å². The highest BCUT2D eigenvalue weighted by molar-refractivity contribution is 7.17. The Bertz CT molecular complexity index is 710. The van der Waals surface area contributed by atoms with Crippen LogP contribution in [0.25, 0.3) is 0 Å². The molecule has 0 radical (unpaired) electrons. The van der Waals surface area contributed by atoms with Gasteiger partial charge in [0, 0.05) is 31.1 Å². The molecule has 8 nitrogen and oxygen atoms in total. The van der Waals surface area contributed by atoms with Gasteiger partial charge in [0.05, 0.1) is 18.7 Å². The number of rotatable bonds is 5. The SMILES string of the molecule is CCOC(=O)N1CCN(CC(=O)Nc2sc3c(c2C(N)=O)CCC3)CC1. The maximum Gasteiger partial charge on any atom is 0.409 e. The number of hydrogen-bond donors (Lipinski definition) is 2. The van der Waals surface area contributed by atoms with Crippen LogP contribution in [0.2, 0.25) is 0 Å². The van der Waals surface area contributed by atoms with Crippen molar-refractivity contribution in [3.8, 4) is 0 Å². The molecule has 0 saturated carbocycles. The Morgan fingerprint density at radius 3 is 2.58 bits per heavy atom. The number of amides is 3. The van der Waals surface area contributed by atoms with Crippen LogP contribution in [-0.4, -0.2) is 67.0 Å². The van der Waals surface area contributed by atoms with Gasteiger partial charge in [-0.05, 0) is 31.7 Å². The van der Waals surface area contributed by atoms with Crippen LogP contribution in [0.1, 0.15) is 34.1 Å². The van der Waals surface area contributed by atoms with Gasteiger partial charge in [-0.3, -0.25) is 14.5 Å². The third-order valence-corrected chi connectivity index (χ3v) is 5.89. The fraction of sp³-hybridized carbons (Fsp3) is 0.588. The zero-order chi connectivity index (χ0) is 18.7. The highest BCUT2D eigenvalue weighted by Gasteiger charge is 2.27. The number of thiophene rings is 1. The van der Waals surface area contributed by atoms with E-state index in [4.69, 9.17) is 10.5 Å². The minimum absolute atomic E-state index is 0.169. The molecule has 26 heavy (non-hydrogen) atoms. The van der Waals surface area contributed by atoms with Gasteiger partial charge in [-0.15, -0.1) is 11.3 Å². The molecule has 3 N–H and O–H groups in total. The molecule has 1 saturated heterocycles. The average Bonchev–Trinajstić information content (AvgIpc) is 3.15. The molecule has 0 unspecified atom stereocenters. The van der Waals surface area contributed by atoms with Gasteiger partial charge in [-0.1, -0.05) is 0 Å². The molecule has 0 spiro atoms. The summed E-state index contributed by atoms with van der Waals surface area (Å²) in [5.74, 6) is -0.653. The number of nitrogens with two attached hydrogens (primary N) is 1. The van der Waals surface area contributed by atoms with E-state index in [1.165, 1.54) is 11.3 Å². The van der Waals surface area contributed by atoms with Gasteiger partial charge in [0.2, 0.25) is 5.91 Å². The van der Waals surface area contributed by atoms with Gasteiger partial charge in [0.25, 0.3) is 5.91 Å². The van der Waals surface area contributed by atoms with Crippen LogP contribution in [0, 0.1) is 0 Å². The molecule has 1 aromatic rings. The first-order valence-electron chi connectivity index (χ1n) is 8.87. The van der Waals surface area contributed by atoms with Crippen molar-refractivity contribution in [2.24, 2.45) is 5.73 Å². The van der Waals surface area contributed by atoms with Crippen molar-refractivity contribution in [2.45, 2.75) is 26.2 Å². The Hall–Kier alpha value is -2.13. The first kappa shape index (κ1) is 18.7. The second kappa shape index (κ2) is 8.05. The molecule has 1 fully saturated rings. The Morgan fingerprint density at radius 2 is 1.92 bits per heavy atom. The molecule has 0 bridgehead atoms. The lowest BCUT2D eigenvalue weighted by Crippen LogP contribution is -2.50. The van der Waals surface area contributed by atoms with Crippen molar-refractivity contribution >= 4 is 34.2 Å². The molecule has 3 rings (SSSR count). The van der Waals surface area contributed by atoms with Gasteiger partial charge >= 0.3 is 6.09 Å². The van der Waals surface area contributed by atoms with Gasteiger partial charge in [0.15, 0.2) is 0 Å². The standard InChI is InChI=1S/C17H24N4O4S/c1-2-25-17(24)21-8-6-20(7-9-21)10-13(22)19-16-14(15(18)23)11-4-3-5-12(11)26-16/h2-10H2,1H3,(H2,18,23)(H,19,22). The molecular weight excluding hydrogens is 356 g/mol. The quantitative estimate of drug-likeness (QED) is 0.794. The second-order valence-corrected chi connectivity index (χ2v) is 7.54. The number of carbonyl (C=O) groups excluding carboxylic acids is 3. The normalized spacial score (nSPS) is 17.0. The van der Waals surface area contributed by atoms with Crippen LogP contribution >= 0.6 is 11.3 Å². The highest BCUT2D eigenvalue weighted by Crippen LogP contribution is 2.38. The molecule has 142 valence electrons. The van der Waals surface area contributed by atoms with Crippen molar-refractivity contribution in [1.29, 1.82) is 0 Å². The first-order chi connectivity index (χ1) is 12.5. The maximum absolute atomic E-state index is 12.4. The molecule has 0 aromatic carbocycles. The number of nitrogens with one attached hydrogen (secondary N) is 1. The van der Waals surface area contributed by atoms with Crippen LogP contribution in [0.3, 0.4) is 0 Å². The topological polar surface area (TPSA) is 105 Å². The summed E-state index contributed by atoms with van der Waals surface area (Å²) in [6.07, 6.45) is 2.50. The molecule has 2 heterocycles. The minimum atomic E-state index is -0.484. The van der Waals surface area contributed by atoms with Crippen molar-refractivity contribution in [3.05, 3.63) is 16.0 Å². The van der Waals surface area contributed by atoms with Crippen molar-refractivity contribution in [1.82, 2.24) is 9.80 Å². The van der Waals surface area contributed by atoms with Gasteiger partial charge in [0.1, 0.15) is 5.00 Å². The monoisotopic (exact) mass is 380 g/mol. The van der Waals surface area contributed by atoms with E-state index in [2.05, 4.69) is 5.32 Å². The number of hydrogen-bond acceptors (Lipinski definition) is 6. The fourth-order valence-corrected chi connectivity index (χ4v) is 4.74. The molecule has 1 aromatic heterocycles. The molecule has 0 atom stereocenters. The molecule has 3 amide bonds. The summed E-state index contributed by atoms with van der Waals surface area (Å²) in [7, 11) is 0. The lowest BCUT2D eigenvalue weighted by atomic mass is 10.1. The van der Waals surface area contributed by atoms with E-state index in [1.54, 1.807) is 11.8 Å². The van der Waals surface area contributed by atoms with Crippen LogP contribution < -0.4 is 11.1 Å². The van der Waals surface area contributed by atoms with Crippen LogP contribution in [0.5, 0.6) is 0 Å². The number of anilines is 1. The molecular formula is C17H24N4O4S. The predicted molar refractivity (Wildman–Crippen MR) is 98.5 cm³/mol. The molecule has 2 aliphatic rings. The van der Waals surface area contributed by atoms with Crippen LogP contribution in [0.15, 0.2) is 0 Å². The highest BCUT2D eigenvalue weighted by atomic mass is 32.1. The third-order valence-electron chi connectivity index (χ3n) is 4.69. The van der Waals surface area contributed by atoms with E-state index in [9.17, 15) is 14.4 Å². The summed E-state index contributed by atoms with van der Waals surface area (Å²) in [6.45, 7) is 4.63. The third kappa shape index (κ3) is 3.99. The van der Waals surface area contributed by atoms with Crippen molar-refractivity contribution in [2.75, 3.05) is 44.6 Å². The summed E-state index contributed by atoms with van der Waals surface area (Å²) in [4.78, 5) is 40.7. The van der Waals surface area contributed by atoms with Crippen LogP contribution in [-0.2, 0) is 22.4 Å². The number of piperazine rings is 1. The number of fused-ring (bicyclic) bond motifs is 1. The number of aryl methyl sites for hydroxylation is 1. The Morgan fingerprint density at radius 1 is 1.19 bits per heavy atom. The zero-order valence-electron chi connectivity index (χ0n) is 14.9. The summed E-state index contributed by atoms with van der Waals surface area (Å²) in [5.41, 5.74) is 6.99. The van der Waals surface area contributed by atoms with E-state index in [0.29, 0.717) is 43.4 Å². The molecule has 9 heteroatoms. The second-order valence-electron chi connectivity index (χ2n) is 6.44. The van der Waals surface area contributed by atoms with E-state index in [1.807, 2.05) is 4.90 Å². The Labute approximate surface area is 156 Å². The summed E-state index contributed by atoms with van der Waals surface area (Å²) >= 11 is 1.46. The lowest BCUT2D eigenvalue weighted by Gasteiger charge is -2.33. The lowest BCUT2D eigenvalue weighted by molar-refractivity contribution is -0.117. The van der Waals surface area contributed by atoms with E-state index in [-0.39, 0.29) is 18.5 Å². The number of carbonyl (C=O) groups is 3. The average molecular weight is 380 g/mol.